The van der Waals surface area contributed by atoms with Crippen LogP contribution >= 0.6 is 11.5 Å². The van der Waals surface area contributed by atoms with Gasteiger partial charge in [0.05, 0.1) is 5.56 Å². The minimum Gasteiger partial charge on any atom is -0.382 e. The van der Waals surface area contributed by atoms with E-state index < -0.39 is 0 Å². The van der Waals surface area contributed by atoms with Gasteiger partial charge in [-0.3, -0.25) is 9.59 Å². The lowest BCUT2D eigenvalue weighted by Gasteiger charge is -2.33. The summed E-state index contributed by atoms with van der Waals surface area (Å²) in [6, 6.07) is 0. The van der Waals surface area contributed by atoms with E-state index >= 15 is 0 Å². The van der Waals surface area contributed by atoms with Crippen LogP contribution in [0.4, 0.5) is 5.82 Å². The van der Waals surface area contributed by atoms with Crippen molar-refractivity contribution in [1.29, 1.82) is 0 Å². The number of anilines is 1. The molecule has 1 aliphatic rings. The summed E-state index contributed by atoms with van der Waals surface area (Å²) in [4.78, 5) is 28.3. The topological polar surface area (TPSA) is 79.5 Å². The molecule has 1 aliphatic heterocycles. The predicted octanol–water partition coefficient (Wildman–Crippen LogP) is 1.45. The van der Waals surface area contributed by atoms with E-state index in [-0.39, 0.29) is 17.7 Å². The van der Waals surface area contributed by atoms with Crippen LogP contribution in [0.2, 0.25) is 0 Å². The van der Waals surface area contributed by atoms with E-state index in [1.165, 1.54) is 11.5 Å². The third-order valence-electron chi connectivity index (χ3n) is 4.03. The van der Waals surface area contributed by atoms with E-state index in [0.29, 0.717) is 24.5 Å². The first-order chi connectivity index (χ1) is 10.1. The van der Waals surface area contributed by atoms with Gasteiger partial charge in [-0.1, -0.05) is 0 Å². The van der Waals surface area contributed by atoms with Crippen molar-refractivity contribution in [3.63, 3.8) is 0 Å². The highest BCUT2D eigenvalue weighted by Crippen LogP contribution is 2.23. The van der Waals surface area contributed by atoms with Crippen molar-refractivity contribution < 1.29 is 9.59 Å². The van der Waals surface area contributed by atoms with Crippen LogP contribution in [-0.2, 0) is 4.79 Å². The standard InChI is InChI=1S/C14H22N4O2S/c1-3-17(4-2)13(19)10-5-7-18(8-6-10)14(20)11-9-21-16-12(11)15/h9-10H,3-8H2,1-2H3,(H2,15,16). The Kier molecular flexibility index (Phi) is 5.17. The molecule has 2 amide bonds. The molecule has 0 unspecified atom stereocenters. The summed E-state index contributed by atoms with van der Waals surface area (Å²) in [6.45, 7) is 6.67. The average molecular weight is 310 g/mol. The molecule has 0 saturated carbocycles. The monoisotopic (exact) mass is 310 g/mol. The van der Waals surface area contributed by atoms with E-state index in [9.17, 15) is 9.59 Å². The molecule has 2 rings (SSSR count). The highest BCUT2D eigenvalue weighted by molar-refractivity contribution is 7.04. The maximum Gasteiger partial charge on any atom is 0.258 e. The number of rotatable bonds is 4. The number of hydrogen-bond donors (Lipinski definition) is 1. The van der Waals surface area contributed by atoms with Crippen LogP contribution in [-0.4, -0.2) is 52.2 Å². The SMILES string of the molecule is CCN(CC)C(=O)C1CCN(C(=O)c2csnc2N)CC1. The Morgan fingerprint density at radius 3 is 2.48 bits per heavy atom. The summed E-state index contributed by atoms with van der Waals surface area (Å²) in [7, 11) is 0. The van der Waals surface area contributed by atoms with Crippen LogP contribution in [0.25, 0.3) is 0 Å². The second-order valence-corrected chi connectivity index (χ2v) is 5.82. The summed E-state index contributed by atoms with van der Waals surface area (Å²) in [5.74, 6) is 0.469. The minimum atomic E-state index is -0.0741. The number of likely N-dealkylation sites (tertiary alicyclic amines) is 1. The molecule has 21 heavy (non-hydrogen) atoms. The number of carbonyl (C=O) groups excluding carboxylic acids is 2. The number of nitrogen functional groups attached to an aromatic ring is 1. The zero-order chi connectivity index (χ0) is 15.4. The van der Waals surface area contributed by atoms with Crippen molar-refractivity contribution in [2.24, 2.45) is 5.92 Å². The maximum atomic E-state index is 12.3. The molecule has 1 aromatic rings. The van der Waals surface area contributed by atoms with E-state index in [1.807, 2.05) is 18.7 Å². The Bertz CT molecular complexity index is 505. The molecule has 0 bridgehead atoms. The van der Waals surface area contributed by atoms with Crippen LogP contribution in [0.1, 0.15) is 37.0 Å². The molecular formula is C14H22N4O2S. The van der Waals surface area contributed by atoms with E-state index in [0.717, 1.165) is 25.9 Å². The van der Waals surface area contributed by atoms with Crippen molar-refractivity contribution in [2.45, 2.75) is 26.7 Å². The molecule has 0 aliphatic carbocycles. The Hall–Kier alpha value is -1.63. The fourth-order valence-electron chi connectivity index (χ4n) is 2.70. The molecular weight excluding hydrogens is 288 g/mol. The van der Waals surface area contributed by atoms with Crippen molar-refractivity contribution in [2.75, 3.05) is 31.9 Å². The van der Waals surface area contributed by atoms with Gasteiger partial charge in [0, 0.05) is 37.5 Å². The molecule has 2 heterocycles. The maximum absolute atomic E-state index is 12.3. The first-order valence-corrected chi connectivity index (χ1v) is 8.20. The molecule has 116 valence electrons. The lowest BCUT2D eigenvalue weighted by molar-refractivity contribution is -0.136. The summed E-state index contributed by atoms with van der Waals surface area (Å²) < 4.78 is 3.93. The van der Waals surface area contributed by atoms with Crippen molar-refractivity contribution in [3.05, 3.63) is 10.9 Å². The zero-order valence-corrected chi connectivity index (χ0v) is 13.4. The molecule has 0 radical (unpaired) electrons. The Labute approximate surface area is 129 Å². The fraction of sp³-hybridized carbons (Fsp3) is 0.643. The number of piperidine rings is 1. The number of carbonyl (C=O) groups is 2. The third-order valence-corrected chi connectivity index (χ3v) is 4.68. The molecule has 0 spiro atoms. The highest BCUT2D eigenvalue weighted by atomic mass is 32.1. The summed E-state index contributed by atoms with van der Waals surface area (Å²) in [5, 5.41) is 1.69. The lowest BCUT2D eigenvalue weighted by atomic mass is 9.95. The Balaban J connectivity index is 1.93. The van der Waals surface area contributed by atoms with Gasteiger partial charge < -0.3 is 15.5 Å². The molecule has 2 N–H and O–H groups in total. The lowest BCUT2D eigenvalue weighted by Crippen LogP contribution is -2.44. The number of hydrogen-bond acceptors (Lipinski definition) is 5. The van der Waals surface area contributed by atoms with Crippen molar-refractivity contribution in [1.82, 2.24) is 14.2 Å². The van der Waals surface area contributed by atoms with Gasteiger partial charge in [0.15, 0.2) is 0 Å². The van der Waals surface area contributed by atoms with Gasteiger partial charge in [0.2, 0.25) is 5.91 Å². The van der Waals surface area contributed by atoms with Gasteiger partial charge >= 0.3 is 0 Å². The van der Waals surface area contributed by atoms with Gasteiger partial charge in [-0.15, -0.1) is 0 Å². The normalized spacial score (nSPS) is 16.0. The molecule has 1 fully saturated rings. The van der Waals surface area contributed by atoms with Gasteiger partial charge in [0.1, 0.15) is 5.82 Å². The van der Waals surface area contributed by atoms with Crippen LogP contribution < -0.4 is 5.73 Å². The van der Waals surface area contributed by atoms with E-state index in [1.54, 1.807) is 10.3 Å². The summed E-state index contributed by atoms with van der Waals surface area (Å²) in [6.07, 6.45) is 1.44. The largest absolute Gasteiger partial charge is 0.382 e. The smallest absolute Gasteiger partial charge is 0.258 e. The fourth-order valence-corrected chi connectivity index (χ4v) is 3.29. The molecule has 6 nitrogen and oxygen atoms in total. The number of nitrogens with zero attached hydrogens (tertiary/aromatic N) is 3. The number of aromatic nitrogens is 1. The van der Waals surface area contributed by atoms with Gasteiger partial charge in [-0.05, 0) is 38.2 Å². The summed E-state index contributed by atoms with van der Waals surface area (Å²) in [5.41, 5.74) is 6.17. The molecule has 0 aromatic carbocycles. The number of amides is 2. The van der Waals surface area contributed by atoms with Crippen LogP contribution in [0.3, 0.4) is 0 Å². The second kappa shape index (κ2) is 6.89. The van der Waals surface area contributed by atoms with Gasteiger partial charge in [-0.2, -0.15) is 4.37 Å². The highest BCUT2D eigenvalue weighted by Gasteiger charge is 2.30. The first kappa shape index (κ1) is 15.8. The minimum absolute atomic E-state index is 0.0342. The average Bonchev–Trinajstić information content (AvgIpc) is 2.94. The van der Waals surface area contributed by atoms with Crippen LogP contribution in [0.5, 0.6) is 0 Å². The second-order valence-electron chi connectivity index (χ2n) is 5.19. The molecule has 1 saturated heterocycles. The molecule has 0 atom stereocenters. The number of nitrogens with two attached hydrogens (primary N) is 1. The van der Waals surface area contributed by atoms with Gasteiger partial charge in [-0.25, -0.2) is 0 Å². The van der Waals surface area contributed by atoms with Crippen molar-refractivity contribution in [3.8, 4) is 0 Å². The van der Waals surface area contributed by atoms with Crippen LogP contribution in [0.15, 0.2) is 5.38 Å². The predicted molar refractivity (Wildman–Crippen MR) is 83.1 cm³/mol. The van der Waals surface area contributed by atoms with Crippen molar-refractivity contribution >= 4 is 29.2 Å². The molecule has 1 aromatic heterocycles. The Morgan fingerprint density at radius 1 is 1.38 bits per heavy atom. The zero-order valence-electron chi connectivity index (χ0n) is 12.5. The summed E-state index contributed by atoms with van der Waals surface area (Å²) >= 11 is 1.19. The van der Waals surface area contributed by atoms with Crippen LogP contribution in [0, 0.1) is 5.92 Å². The third kappa shape index (κ3) is 3.34. The van der Waals surface area contributed by atoms with E-state index in [2.05, 4.69) is 4.37 Å². The first-order valence-electron chi connectivity index (χ1n) is 7.36. The Morgan fingerprint density at radius 2 is 2.00 bits per heavy atom. The van der Waals surface area contributed by atoms with Gasteiger partial charge in [0.25, 0.3) is 5.91 Å². The molecule has 7 heteroatoms. The quantitative estimate of drug-likeness (QED) is 0.913. The van der Waals surface area contributed by atoms with E-state index in [4.69, 9.17) is 5.73 Å².